The van der Waals surface area contributed by atoms with E-state index in [0.29, 0.717) is 37.6 Å². The van der Waals surface area contributed by atoms with Gasteiger partial charge in [0.05, 0.1) is 23.0 Å². The van der Waals surface area contributed by atoms with Crippen molar-refractivity contribution in [1.29, 1.82) is 0 Å². The lowest BCUT2D eigenvalue weighted by molar-refractivity contribution is 0.208. The topological polar surface area (TPSA) is 57.7 Å². The Hall–Kier alpha value is -2.87. The number of urea groups is 1. The van der Waals surface area contributed by atoms with Crippen LogP contribution in [0, 0.1) is 5.82 Å². The molecular formula is C19H19FN4O2S. The van der Waals surface area contributed by atoms with Crippen LogP contribution in [-0.2, 0) is 0 Å². The van der Waals surface area contributed by atoms with E-state index in [-0.39, 0.29) is 11.8 Å². The largest absolute Gasteiger partial charge is 0.495 e. The maximum atomic E-state index is 13.4. The lowest BCUT2D eigenvalue weighted by Gasteiger charge is -2.34. The third kappa shape index (κ3) is 3.66. The molecule has 0 atom stereocenters. The molecule has 0 saturated carbocycles. The highest BCUT2D eigenvalue weighted by Gasteiger charge is 2.23. The number of benzene rings is 2. The molecule has 0 bridgehead atoms. The molecule has 1 saturated heterocycles. The molecule has 1 aromatic heterocycles. The highest BCUT2D eigenvalue weighted by atomic mass is 32.1. The van der Waals surface area contributed by atoms with Gasteiger partial charge in [-0.3, -0.25) is 0 Å². The number of halogens is 1. The Morgan fingerprint density at radius 3 is 2.74 bits per heavy atom. The first-order valence-electron chi connectivity index (χ1n) is 8.64. The Bertz CT molecular complexity index is 969. The van der Waals surface area contributed by atoms with Crippen LogP contribution in [0.3, 0.4) is 0 Å². The molecule has 0 unspecified atom stereocenters. The standard InChI is InChI=1S/C19H19FN4O2S/c1-26-16-5-3-2-4-14(16)21-18(25)23-8-10-24(11-9-23)19-22-15-7-6-13(20)12-17(15)27-19/h2-7,12H,8-11H2,1H3,(H,21,25). The molecule has 0 aliphatic carbocycles. The molecule has 27 heavy (non-hydrogen) atoms. The van der Waals surface area contributed by atoms with Crippen LogP contribution in [0.25, 0.3) is 10.2 Å². The molecule has 4 rings (SSSR count). The third-order valence-corrected chi connectivity index (χ3v) is 5.60. The summed E-state index contributed by atoms with van der Waals surface area (Å²) in [6.45, 7) is 2.54. The number of carbonyl (C=O) groups is 1. The van der Waals surface area contributed by atoms with E-state index < -0.39 is 0 Å². The number of piperazine rings is 1. The van der Waals surface area contributed by atoms with Gasteiger partial charge in [-0.2, -0.15) is 0 Å². The number of para-hydroxylation sites is 2. The number of methoxy groups -OCH3 is 1. The van der Waals surface area contributed by atoms with Crippen LogP contribution in [0.4, 0.5) is 20.0 Å². The number of nitrogens with one attached hydrogen (secondary N) is 1. The van der Waals surface area contributed by atoms with Gasteiger partial charge in [0.2, 0.25) is 0 Å². The van der Waals surface area contributed by atoms with Crippen molar-refractivity contribution in [3.63, 3.8) is 0 Å². The first-order chi connectivity index (χ1) is 13.1. The molecule has 0 radical (unpaired) electrons. The summed E-state index contributed by atoms with van der Waals surface area (Å²) in [6.07, 6.45) is 0. The van der Waals surface area contributed by atoms with Crippen molar-refractivity contribution in [3.05, 3.63) is 48.3 Å². The molecule has 3 aromatic rings. The van der Waals surface area contributed by atoms with Crippen molar-refractivity contribution in [2.24, 2.45) is 0 Å². The summed E-state index contributed by atoms with van der Waals surface area (Å²) in [5, 5.41) is 3.76. The molecule has 6 nitrogen and oxygen atoms in total. The van der Waals surface area contributed by atoms with Gasteiger partial charge in [-0.15, -0.1) is 0 Å². The molecule has 1 aliphatic heterocycles. The number of fused-ring (bicyclic) bond motifs is 1. The van der Waals surface area contributed by atoms with E-state index >= 15 is 0 Å². The maximum Gasteiger partial charge on any atom is 0.322 e. The number of hydrogen-bond acceptors (Lipinski definition) is 5. The molecule has 1 fully saturated rings. The fourth-order valence-corrected chi connectivity index (χ4v) is 4.11. The van der Waals surface area contributed by atoms with Crippen LogP contribution < -0.4 is 15.0 Å². The van der Waals surface area contributed by atoms with E-state index in [4.69, 9.17) is 4.74 Å². The second kappa shape index (κ2) is 7.40. The van der Waals surface area contributed by atoms with E-state index in [1.807, 2.05) is 24.3 Å². The number of hydrogen-bond donors (Lipinski definition) is 1. The van der Waals surface area contributed by atoms with E-state index in [0.717, 1.165) is 15.3 Å². The second-order valence-electron chi connectivity index (χ2n) is 6.21. The van der Waals surface area contributed by atoms with Crippen molar-refractivity contribution >= 4 is 38.4 Å². The number of anilines is 2. The van der Waals surface area contributed by atoms with E-state index in [9.17, 15) is 9.18 Å². The van der Waals surface area contributed by atoms with Crippen LogP contribution >= 0.6 is 11.3 Å². The Balaban J connectivity index is 1.40. The summed E-state index contributed by atoms with van der Waals surface area (Å²) < 4.78 is 19.5. The zero-order valence-electron chi connectivity index (χ0n) is 14.8. The Morgan fingerprint density at radius 1 is 1.19 bits per heavy atom. The summed E-state index contributed by atoms with van der Waals surface area (Å²) in [4.78, 5) is 21.0. The van der Waals surface area contributed by atoms with Crippen LogP contribution in [0.15, 0.2) is 42.5 Å². The quantitative estimate of drug-likeness (QED) is 0.744. The lowest BCUT2D eigenvalue weighted by atomic mass is 10.3. The molecule has 2 aromatic carbocycles. The molecule has 1 aliphatic rings. The van der Waals surface area contributed by atoms with Crippen LogP contribution in [0.2, 0.25) is 0 Å². The highest BCUT2D eigenvalue weighted by Crippen LogP contribution is 2.30. The van der Waals surface area contributed by atoms with Gasteiger partial charge in [0.25, 0.3) is 0 Å². The van der Waals surface area contributed by atoms with Gasteiger partial charge in [0.1, 0.15) is 11.6 Å². The zero-order chi connectivity index (χ0) is 18.8. The minimum Gasteiger partial charge on any atom is -0.495 e. The normalized spacial score (nSPS) is 14.4. The molecule has 2 amide bonds. The maximum absolute atomic E-state index is 13.4. The first-order valence-corrected chi connectivity index (χ1v) is 9.45. The number of amides is 2. The van der Waals surface area contributed by atoms with Gasteiger partial charge < -0.3 is 19.9 Å². The third-order valence-electron chi connectivity index (χ3n) is 4.53. The Kier molecular flexibility index (Phi) is 4.81. The van der Waals surface area contributed by atoms with E-state index in [1.165, 1.54) is 23.5 Å². The SMILES string of the molecule is COc1ccccc1NC(=O)N1CCN(c2nc3ccc(F)cc3s2)CC1. The lowest BCUT2D eigenvalue weighted by Crippen LogP contribution is -2.50. The molecule has 140 valence electrons. The van der Waals surface area contributed by atoms with E-state index in [1.54, 1.807) is 18.1 Å². The number of thiazole rings is 1. The molecule has 2 heterocycles. The van der Waals surface area contributed by atoms with Gasteiger partial charge in [0, 0.05) is 26.2 Å². The van der Waals surface area contributed by atoms with Crippen molar-refractivity contribution in [2.75, 3.05) is 43.5 Å². The van der Waals surface area contributed by atoms with Gasteiger partial charge in [-0.05, 0) is 30.3 Å². The number of rotatable bonds is 3. The summed E-state index contributed by atoms with van der Waals surface area (Å²) in [5.74, 6) is 0.377. The van der Waals surface area contributed by atoms with Gasteiger partial charge in [-0.1, -0.05) is 23.5 Å². The minimum absolute atomic E-state index is 0.148. The fourth-order valence-electron chi connectivity index (χ4n) is 3.06. The number of carbonyl (C=O) groups excluding carboxylic acids is 1. The second-order valence-corrected chi connectivity index (χ2v) is 7.22. The predicted molar refractivity (Wildman–Crippen MR) is 105 cm³/mol. The Morgan fingerprint density at radius 2 is 1.96 bits per heavy atom. The molecule has 1 N–H and O–H groups in total. The number of ether oxygens (including phenoxy) is 1. The average molecular weight is 386 g/mol. The smallest absolute Gasteiger partial charge is 0.322 e. The summed E-state index contributed by atoms with van der Waals surface area (Å²) in [6, 6.07) is 11.8. The fraction of sp³-hybridized carbons (Fsp3) is 0.263. The summed E-state index contributed by atoms with van der Waals surface area (Å²) >= 11 is 1.47. The van der Waals surface area contributed by atoms with Crippen molar-refractivity contribution in [1.82, 2.24) is 9.88 Å². The first kappa shape index (κ1) is 17.5. The summed E-state index contributed by atoms with van der Waals surface area (Å²) in [5.41, 5.74) is 1.45. The van der Waals surface area contributed by atoms with Crippen molar-refractivity contribution in [3.8, 4) is 5.75 Å². The molecular weight excluding hydrogens is 367 g/mol. The van der Waals surface area contributed by atoms with Crippen molar-refractivity contribution in [2.45, 2.75) is 0 Å². The zero-order valence-corrected chi connectivity index (χ0v) is 15.6. The molecule has 8 heteroatoms. The van der Waals surface area contributed by atoms with Gasteiger partial charge in [0.15, 0.2) is 5.13 Å². The highest BCUT2D eigenvalue weighted by molar-refractivity contribution is 7.22. The van der Waals surface area contributed by atoms with Crippen LogP contribution in [0.1, 0.15) is 0 Å². The average Bonchev–Trinajstić information content (AvgIpc) is 3.11. The van der Waals surface area contributed by atoms with Crippen LogP contribution in [0.5, 0.6) is 5.75 Å². The van der Waals surface area contributed by atoms with E-state index in [2.05, 4.69) is 15.2 Å². The monoisotopic (exact) mass is 386 g/mol. The number of aromatic nitrogens is 1. The predicted octanol–water partition coefficient (Wildman–Crippen LogP) is 3.80. The van der Waals surface area contributed by atoms with Crippen LogP contribution in [-0.4, -0.2) is 49.2 Å². The van der Waals surface area contributed by atoms with Gasteiger partial charge in [-0.25, -0.2) is 14.2 Å². The Labute approximate surface area is 160 Å². The van der Waals surface area contributed by atoms with Crippen molar-refractivity contribution < 1.29 is 13.9 Å². The number of nitrogens with zero attached hydrogens (tertiary/aromatic N) is 3. The van der Waals surface area contributed by atoms with Gasteiger partial charge >= 0.3 is 6.03 Å². The molecule has 0 spiro atoms. The summed E-state index contributed by atoms with van der Waals surface area (Å²) in [7, 11) is 1.58. The minimum atomic E-state index is -0.254.